The van der Waals surface area contributed by atoms with E-state index in [0.29, 0.717) is 6.54 Å². The number of sulfonamides is 1. The van der Waals surface area contributed by atoms with Gasteiger partial charge in [0.2, 0.25) is 10.0 Å². The van der Waals surface area contributed by atoms with Gasteiger partial charge in [-0.25, -0.2) is 13.1 Å². The Balaban J connectivity index is 2.15. The fourth-order valence-electron chi connectivity index (χ4n) is 2.85. The summed E-state index contributed by atoms with van der Waals surface area (Å²) in [5.74, 6) is 1.56. The topological polar surface area (TPSA) is 58.6 Å². The summed E-state index contributed by atoms with van der Waals surface area (Å²) in [6, 6.07) is 7.95. The summed E-state index contributed by atoms with van der Waals surface area (Å²) in [7, 11) is -1.55. The summed E-state index contributed by atoms with van der Waals surface area (Å²) >= 11 is 0. The number of piperidine rings is 1. The molecule has 1 fully saturated rings. The highest BCUT2D eigenvalue weighted by atomic mass is 32.2. The minimum Gasteiger partial charge on any atom is -0.497 e. The predicted molar refractivity (Wildman–Crippen MR) is 88.6 cm³/mol. The lowest BCUT2D eigenvalue weighted by Gasteiger charge is -2.37. The molecule has 124 valence electrons. The molecule has 1 aliphatic rings. The number of benzene rings is 1. The first-order valence-corrected chi connectivity index (χ1v) is 9.61. The Bertz CT molecular complexity index is 564. The van der Waals surface area contributed by atoms with Crippen molar-refractivity contribution in [1.82, 2.24) is 9.62 Å². The molecule has 0 bridgehead atoms. The van der Waals surface area contributed by atoms with Crippen molar-refractivity contribution in [1.29, 1.82) is 0 Å². The molecule has 6 heteroatoms. The van der Waals surface area contributed by atoms with Crippen molar-refractivity contribution in [3.8, 4) is 5.75 Å². The van der Waals surface area contributed by atoms with Crippen LogP contribution >= 0.6 is 0 Å². The number of rotatable bonds is 6. The van der Waals surface area contributed by atoms with E-state index in [-0.39, 0.29) is 6.04 Å². The number of nitrogens with zero attached hydrogens (tertiary/aromatic N) is 1. The van der Waals surface area contributed by atoms with Crippen molar-refractivity contribution in [3.05, 3.63) is 29.8 Å². The smallest absolute Gasteiger partial charge is 0.208 e. The highest BCUT2D eigenvalue weighted by molar-refractivity contribution is 7.88. The van der Waals surface area contributed by atoms with Crippen molar-refractivity contribution >= 4 is 10.0 Å². The zero-order valence-electron chi connectivity index (χ0n) is 13.6. The molecule has 1 unspecified atom stereocenters. The third-order valence-electron chi connectivity index (χ3n) is 4.30. The van der Waals surface area contributed by atoms with Gasteiger partial charge in [-0.15, -0.1) is 0 Å². The summed E-state index contributed by atoms with van der Waals surface area (Å²) in [4.78, 5) is 2.37. The lowest BCUT2D eigenvalue weighted by atomic mass is 9.96. The van der Waals surface area contributed by atoms with Gasteiger partial charge in [-0.05, 0) is 49.5 Å². The molecule has 0 spiro atoms. The van der Waals surface area contributed by atoms with E-state index in [4.69, 9.17) is 4.74 Å². The van der Waals surface area contributed by atoms with Crippen molar-refractivity contribution in [2.45, 2.75) is 25.8 Å². The third-order valence-corrected chi connectivity index (χ3v) is 4.99. The van der Waals surface area contributed by atoms with E-state index in [9.17, 15) is 8.42 Å². The number of methoxy groups -OCH3 is 1. The monoisotopic (exact) mass is 326 g/mol. The molecule has 0 aliphatic carbocycles. The van der Waals surface area contributed by atoms with E-state index in [1.807, 2.05) is 24.3 Å². The minimum atomic E-state index is -3.19. The Morgan fingerprint density at radius 3 is 2.36 bits per heavy atom. The molecule has 22 heavy (non-hydrogen) atoms. The molecule has 1 aliphatic heterocycles. The van der Waals surface area contributed by atoms with Crippen LogP contribution in [0.4, 0.5) is 0 Å². The van der Waals surface area contributed by atoms with Gasteiger partial charge in [-0.1, -0.05) is 19.1 Å². The zero-order valence-corrected chi connectivity index (χ0v) is 14.4. The van der Waals surface area contributed by atoms with E-state index in [1.165, 1.54) is 6.26 Å². The van der Waals surface area contributed by atoms with Gasteiger partial charge in [0.15, 0.2) is 0 Å². The third kappa shape index (κ3) is 4.97. The summed E-state index contributed by atoms with van der Waals surface area (Å²) in [6.45, 7) is 4.68. The van der Waals surface area contributed by atoms with Crippen LogP contribution in [0.1, 0.15) is 31.4 Å². The molecule has 1 N–H and O–H groups in total. The van der Waals surface area contributed by atoms with E-state index >= 15 is 0 Å². The lowest BCUT2D eigenvalue weighted by molar-refractivity contribution is 0.139. The van der Waals surface area contributed by atoms with Crippen LogP contribution in [0.2, 0.25) is 0 Å². The molecule has 1 atom stereocenters. The second kappa shape index (κ2) is 7.44. The number of ether oxygens (including phenoxy) is 1. The first-order valence-electron chi connectivity index (χ1n) is 7.71. The van der Waals surface area contributed by atoms with Gasteiger partial charge in [-0.3, -0.25) is 4.90 Å². The van der Waals surface area contributed by atoms with Gasteiger partial charge in [0.25, 0.3) is 0 Å². The van der Waals surface area contributed by atoms with E-state index in [0.717, 1.165) is 43.2 Å². The minimum absolute atomic E-state index is 0.0631. The second-order valence-electron chi connectivity index (χ2n) is 6.13. The van der Waals surface area contributed by atoms with E-state index < -0.39 is 10.0 Å². The molecule has 5 nitrogen and oxygen atoms in total. The Labute approximate surface area is 133 Å². The quantitative estimate of drug-likeness (QED) is 0.869. The first-order chi connectivity index (χ1) is 10.4. The number of likely N-dealkylation sites (tertiary alicyclic amines) is 1. The predicted octanol–water partition coefficient (Wildman–Crippen LogP) is 2.02. The summed E-state index contributed by atoms with van der Waals surface area (Å²) in [5, 5.41) is 0. The second-order valence-corrected chi connectivity index (χ2v) is 7.96. The van der Waals surface area contributed by atoms with Crippen molar-refractivity contribution < 1.29 is 13.2 Å². The molecule has 1 aromatic rings. The van der Waals surface area contributed by atoms with Crippen LogP contribution in [-0.2, 0) is 10.0 Å². The Kier molecular flexibility index (Phi) is 5.83. The van der Waals surface area contributed by atoms with Crippen molar-refractivity contribution in [2.75, 3.05) is 33.0 Å². The molecule has 1 heterocycles. The van der Waals surface area contributed by atoms with Crippen LogP contribution in [0.15, 0.2) is 24.3 Å². The van der Waals surface area contributed by atoms with Crippen LogP contribution < -0.4 is 9.46 Å². The van der Waals surface area contributed by atoms with Crippen LogP contribution in [0.3, 0.4) is 0 Å². The van der Waals surface area contributed by atoms with Crippen molar-refractivity contribution in [2.24, 2.45) is 5.92 Å². The number of nitrogens with one attached hydrogen (secondary N) is 1. The highest BCUT2D eigenvalue weighted by Gasteiger charge is 2.25. The lowest BCUT2D eigenvalue weighted by Crippen LogP contribution is -2.41. The van der Waals surface area contributed by atoms with E-state index in [2.05, 4.69) is 16.5 Å². The van der Waals surface area contributed by atoms with Crippen LogP contribution in [-0.4, -0.2) is 46.3 Å². The van der Waals surface area contributed by atoms with Crippen LogP contribution in [0.25, 0.3) is 0 Å². The summed E-state index contributed by atoms with van der Waals surface area (Å²) < 4.78 is 30.8. The van der Waals surface area contributed by atoms with Gasteiger partial charge in [0, 0.05) is 12.6 Å². The Hall–Kier alpha value is -1.11. The normalized spacial score (nSPS) is 19.0. The molecule has 0 radical (unpaired) electrons. The van der Waals surface area contributed by atoms with Gasteiger partial charge in [-0.2, -0.15) is 0 Å². The van der Waals surface area contributed by atoms with Gasteiger partial charge >= 0.3 is 0 Å². The molecular weight excluding hydrogens is 300 g/mol. The summed E-state index contributed by atoms with van der Waals surface area (Å²) in [5.41, 5.74) is 1.12. The van der Waals surface area contributed by atoms with Gasteiger partial charge in [0.1, 0.15) is 5.75 Å². The standard InChI is InChI=1S/C16H26N2O3S/c1-13-8-10-18(11-9-13)16(12-17-22(3,19)20)14-4-6-15(21-2)7-5-14/h4-7,13,16-17H,8-12H2,1-3H3. The SMILES string of the molecule is COc1ccc(C(CNS(C)(=O)=O)N2CCC(C)CC2)cc1. The fourth-order valence-corrected chi connectivity index (χ4v) is 3.31. The Morgan fingerprint density at radius 2 is 1.86 bits per heavy atom. The maximum Gasteiger partial charge on any atom is 0.208 e. The molecule has 2 rings (SSSR count). The van der Waals surface area contributed by atoms with Crippen LogP contribution in [0.5, 0.6) is 5.75 Å². The first kappa shape index (κ1) is 17.2. The molecule has 0 aromatic heterocycles. The number of hydrogen-bond donors (Lipinski definition) is 1. The van der Waals surface area contributed by atoms with Gasteiger partial charge < -0.3 is 4.74 Å². The average Bonchev–Trinajstić information content (AvgIpc) is 2.49. The van der Waals surface area contributed by atoms with E-state index in [1.54, 1.807) is 7.11 Å². The maximum absolute atomic E-state index is 11.5. The van der Waals surface area contributed by atoms with Gasteiger partial charge in [0.05, 0.1) is 13.4 Å². The average molecular weight is 326 g/mol. The maximum atomic E-state index is 11.5. The zero-order chi connectivity index (χ0) is 16.2. The molecule has 1 aromatic carbocycles. The molecule has 1 saturated heterocycles. The van der Waals surface area contributed by atoms with Crippen molar-refractivity contribution in [3.63, 3.8) is 0 Å². The highest BCUT2D eigenvalue weighted by Crippen LogP contribution is 2.27. The molecular formula is C16H26N2O3S. The molecule has 0 saturated carbocycles. The summed E-state index contributed by atoms with van der Waals surface area (Å²) in [6.07, 6.45) is 3.52. The molecule has 0 amide bonds. The largest absolute Gasteiger partial charge is 0.497 e. The fraction of sp³-hybridized carbons (Fsp3) is 0.625. The number of hydrogen-bond acceptors (Lipinski definition) is 4. The Morgan fingerprint density at radius 1 is 1.27 bits per heavy atom. The van der Waals surface area contributed by atoms with Crippen LogP contribution in [0, 0.1) is 5.92 Å².